The van der Waals surface area contributed by atoms with Crippen LogP contribution in [0.4, 0.5) is 0 Å². The topological polar surface area (TPSA) is 85.2 Å². The Hall–Kier alpha value is -0.690. The second kappa shape index (κ2) is 8.47. The SMILES string of the molecule is CCCCOC(=O)CCC(CC(C)(C)C)(OO)OO. The Labute approximate surface area is 114 Å². The van der Waals surface area contributed by atoms with Crippen LogP contribution < -0.4 is 0 Å². The third-order valence-corrected chi connectivity index (χ3v) is 2.60. The molecule has 0 rings (SSSR count). The summed E-state index contributed by atoms with van der Waals surface area (Å²) in [5, 5.41) is 17.9. The number of hydrogen-bond donors (Lipinski definition) is 2. The van der Waals surface area contributed by atoms with Crippen LogP contribution in [0.2, 0.25) is 0 Å². The zero-order chi connectivity index (χ0) is 14.9. The molecule has 0 fully saturated rings. The molecule has 0 aromatic rings. The van der Waals surface area contributed by atoms with Crippen LogP contribution in [0.25, 0.3) is 0 Å². The molecular formula is C13H26O6. The second-order valence-electron chi connectivity index (χ2n) is 5.90. The van der Waals surface area contributed by atoms with Gasteiger partial charge in [-0.25, -0.2) is 20.3 Å². The van der Waals surface area contributed by atoms with Crippen LogP contribution in [-0.2, 0) is 19.3 Å². The minimum Gasteiger partial charge on any atom is -0.466 e. The average Bonchev–Trinajstić information content (AvgIpc) is 2.33. The van der Waals surface area contributed by atoms with Gasteiger partial charge in [0, 0.05) is 12.8 Å². The van der Waals surface area contributed by atoms with Crippen molar-refractivity contribution in [2.24, 2.45) is 5.41 Å². The predicted octanol–water partition coefficient (Wildman–Crippen LogP) is 3.22. The van der Waals surface area contributed by atoms with E-state index in [9.17, 15) is 4.79 Å². The van der Waals surface area contributed by atoms with Gasteiger partial charge in [0.25, 0.3) is 0 Å². The van der Waals surface area contributed by atoms with E-state index in [1.165, 1.54) is 0 Å². The molecule has 0 saturated heterocycles. The molecule has 0 saturated carbocycles. The fraction of sp³-hybridized carbons (Fsp3) is 0.923. The second-order valence-corrected chi connectivity index (χ2v) is 5.90. The summed E-state index contributed by atoms with van der Waals surface area (Å²) in [6.45, 7) is 8.08. The monoisotopic (exact) mass is 278 g/mol. The zero-order valence-corrected chi connectivity index (χ0v) is 12.3. The molecule has 19 heavy (non-hydrogen) atoms. The first-order valence-electron chi connectivity index (χ1n) is 6.59. The first-order valence-corrected chi connectivity index (χ1v) is 6.59. The number of carbonyl (C=O) groups is 1. The van der Waals surface area contributed by atoms with Crippen LogP contribution in [0.1, 0.15) is 59.8 Å². The summed E-state index contributed by atoms with van der Waals surface area (Å²) < 4.78 is 4.98. The van der Waals surface area contributed by atoms with E-state index in [0.717, 1.165) is 12.8 Å². The Morgan fingerprint density at radius 1 is 1.16 bits per heavy atom. The maximum absolute atomic E-state index is 11.5. The molecule has 0 aromatic carbocycles. The third kappa shape index (κ3) is 8.15. The molecule has 0 unspecified atom stereocenters. The molecule has 2 N–H and O–H groups in total. The van der Waals surface area contributed by atoms with Crippen LogP contribution in [0.3, 0.4) is 0 Å². The van der Waals surface area contributed by atoms with Gasteiger partial charge in [0.1, 0.15) is 0 Å². The van der Waals surface area contributed by atoms with Crippen molar-refractivity contribution in [3.05, 3.63) is 0 Å². The molecule has 0 heterocycles. The van der Waals surface area contributed by atoms with Crippen LogP contribution >= 0.6 is 0 Å². The largest absolute Gasteiger partial charge is 0.466 e. The molecule has 6 nitrogen and oxygen atoms in total. The fourth-order valence-electron chi connectivity index (χ4n) is 1.76. The van der Waals surface area contributed by atoms with Gasteiger partial charge in [0.05, 0.1) is 13.0 Å². The molecule has 0 bridgehead atoms. The highest BCUT2D eigenvalue weighted by Gasteiger charge is 2.38. The lowest BCUT2D eigenvalue weighted by Crippen LogP contribution is -2.39. The summed E-state index contributed by atoms with van der Waals surface area (Å²) in [6.07, 6.45) is 2.00. The molecule has 0 aliphatic carbocycles. The van der Waals surface area contributed by atoms with Gasteiger partial charge in [-0.15, -0.1) is 0 Å². The summed E-state index contributed by atoms with van der Waals surface area (Å²) in [6, 6.07) is 0. The molecule has 0 aliphatic heterocycles. The Balaban J connectivity index is 4.31. The average molecular weight is 278 g/mol. The minimum atomic E-state index is -1.60. The maximum atomic E-state index is 11.5. The minimum absolute atomic E-state index is 0.000907. The molecule has 0 aliphatic rings. The van der Waals surface area contributed by atoms with Gasteiger partial charge in [-0.05, 0) is 11.8 Å². The van der Waals surface area contributed by atoms with Crippen molar-refractivity contribution in [2.45, 2.75) is 65.6 Å². The van der Waals surface area contributed by atoms with Crippen molar-refractivity contribution in [3.8, 4) is 0 Å². The lowest BCUT2D eigenvalue weighted by Gasteiger charge is -2.32. The summed E-state index contributed by atoms with van der Waals surface area (Å²) in [5.74, 6) is -2.00. The van der Waals surface area contributed by atoms with E-state index in [2.05, 4.69) is 9.78 Å². The molecule has 0 aromatic heterocycles. The Bertz CT molecular complexity index is 254. The Morgan fingerprint density at radius 3 is 2.16 bits per heavy atom. The van der Waals surface area contributed by atoms with Crippen LogP contribution in [0.15, 0.2) is 0 Å². The van der Waals surface area contributed by atoms with E-state index in [-0.39, 0.29) is 24.7 Å². The van der Waals surface area contributed by atoms with Crippen molar-refractivity contribution in [1.82, 2.24) is 0 Å². The quantitative estimate of drug-likeness (QED) is 0.221. The summed E-state index contributed by atoms with van der Waals surface area (Å²) in [7, 11) is 0. The number of carbonyl (C=O) groups excluding carboxylic acids is 1. The number of esters is 1. The highest BCUT2D eigenvalue weighted by Crippen LogP contribution is 2.33. The number of rotatable bonds is 9. The smallest absolute Gasteiger partial charge is 0.305 e. The number of unbranched alkanes of at least 4 members (excludes halogenated alkanes) is 1. The van der Waals surface area contributed by atoms with Gasteiger partial charge in [-0.1, -0.05) is 34.1 Å². The van der Waals surface area contributed by atoms with Crippen molar-refractivity contribution in [1.29, 1.82) is 0 Å². The lowest BCUT2D eigenvalue weighted by atomic mass is 9.86. The van der Waals surface area contributed by atoms with Crippen molar-refractivity contribution in [3.63, 3.8) is 0 Å². The van der Waals surface area contributed by atoms with E-state index < -0.39 is 11.8 Å². The highest BCUT2D eigenvalue weighted by atomic mass is 17.2. The first-order chi connectivity index (χ1) is 8.78. The van der Waals surface area contributed by atoms with Crippen LogP contribution in [0.5, 0.6) is 0 Å². The molecular weight excluding hydrogens is 252 g/mol. The summed E-state index contributed by atoms with van der Waals surface area (Å²) in [5.41, 5.74) is -0.252. The van der Waals surface area contributed by atoms with Gasteiger partial charge in [0.15, 0.2) is 0 Å². The predicted molar refractivity (Wildman–Crippen MR) is 69.3 cm³/mol. The van der Waals surface area contributed by atoms with E-state index in [1.54, 1.807) is 0 Å². The lowest BCUT2D eigenvalue weighted by molar-refractivity contribution is -0.493. The van der Waals surface area contributed by atoms with Gasteiger partial charge in [0.2, 0.25) is 5.79 Å². The molecule has 0 radical (unpaired) electrons. The maximum Gasteiger partial charge on any atom is 0.305 e. The first kappa shape index (κ1) is 18.3. The zero-order valence-electron chi connectivity index (χ0n) is 12.3. The van der Waals surface area contributed by atoms with Gasteiger partial charge >= 0.3 is 5.97 Å². The summed E-state index contributed by atoms with van der Waals surface area (Å²) >= 11 is 0. The van der Waals surface area contributed by atoms with Crippen molar-refractivity contribution < 1.29 is 29.8 Å². The number of ether oxygens (including phenoxy) is 1. The van der Waals surface area contributed by atoms with E-state index in [4.69, 9.17) is 15.3 Å². The number of hydrogen-bond acceptors (Lipinski definition) is 6. The Kier molecular flexibility index (Phi) is 8.17. The molecule has 0 atom stereocenters. The molecule has 0 amide bonds. The normalized spacial score (nSPS) is 12.5. The Morgan fingerprint density at radius 2 is 1.74 bits per heavy atom. The van der Waals surface area contributed by atoms with Gasteiger partial charge in [-0.3, -0.25) is 4.79 Å². The highest BCUT2D eigenvalue weighted by molar-refractivity contribution is 5.69. The van der Waals surface area contributed by atoms with E-state index in [1.807, 2.05) is 27.7 Å². The van der Waals surface area contributed by atoms with E-state index >= 15 is 0 Å². The summed E-state index contributed by atoms with van der Waals surface area (Å²) in [4.78, 5) is 20.0. The van der Waals surface area contributed by atoms with Crippen molar-refractivity contribution >= 4 is 5.97 Å². The fourth-order valence-corrected chi connectivity index (χ4v) is 1.76. The standard InChI is InChI=1S/C13H26O6/c1-5-6-9-17-11(14)7-8-13(18-15,19-16)10-12(2,3)4/h15-16H,5-10H2,1-4H3. The molecule has 114 valence electrons. The van der Waals surface area contributed by atoms with Gasteiger partial charge in [-0.2, -0.15) is 0 Å². The molecule has 0 spiro atoms. The van der Waals surface area contributed by atoms with E-state index in [0.29, 0.717) is 6.61 Å². The van der Waals surface area contributed by atoms with Crippen LogP contribution in [-0.4, -0.2) is 28.9 Å². The van der Waals surface area contributed by atoms with Crippen molar-refractivity contribution in [2.75, 3.05) is 6.61 Å². The third-order valence-electron chi connectivity index (χ3n) is 2.60. The van der Waals surface area contributed by atoms with Crippen LogP contribution in [0, 0.1) is 5.41 Å². The molecule has 6 heteroatoms. The van der Waals surface area contributed by atoms with Gasteiger partial charge < -0.3 is 4.74 Å².